The van der Waals surface area contributed by atoms with Crippen LogP contribution in [0.3, 0.4) is 0 Å². The Morgan fingerprint density at radius 1 is 1.21 bits per heavy atom. The highest BCUT2D eigenvalue weighted by Crippen LogP contribution is 2.39. The van der Waals surface area contributed by atoms with Crippen LogP contribution in [0.4, 0.5) is 0 Å². The van der Waals surface area contributed by atoms with Crippen molar-refractivity contribution in [1.82, 2.24) is 4.90 Å². The fraction of sp³-hybridized carbons (Fsp3) is 0.348. The van der Waals surface area contributed by atoms with Gasteiger partial charge in [0, 0.05) is 34.8 Å². The molecule has 0 saturated heterocycles. The number of aliphatic hydroxyl groups is 1. The monoisotopic (exact) mass is 427 g/mol. The van der Waals surface area contributed by atoms with Gasteiger partial charge < -0.3 is 9.84 Å². The number of rotatable bonds is 8. The van der Waals surface area contributed by atoms with Gasteiger partial charge >= 0.3 is 0 Å². The van der Waals surface area contributed by atoms with Gasteiger partial charge in [-0.2, -0.15) is 0 Å². The highest BCUT2D eigenvalue weighted by molar-refractivity contribution is 7.10. The lowest BCUT2D eigenvalue weighted by atomic mass is 9.98. The summed E-state index contributed by atoms with van der Waals surface area (Å²) in [6, 6.07) is 13.8. The van der Waals surface area contributed by atoms with Gasteiger partial charge in [0.1, 0.15) is 18.5 Å². The van der Waals surface area contributed by atoms with Crippen molar-refractivity contribution in [2.45, 2.75) is 31.9 Å². The van der Waals surface area contributed by atoms with Crippen LogP contribution in [0, 0.1) is 0 Å². The average molecular weight is 428 g/mol. The smallest absolute Gasteiger partial charge is 0.162 e. The second kappa shape index (κ2) is 9.22. The lowest BCUT2D eigenvalue weighted by Gasteiger charge is -2.36. The fourth-order valence-electron chi connectivity index (χ4n) is 3.80. The van der Waals surface area contributed by atoms with E-state index in [0.29, 0.717) is 24.3 Å². The number of carbonyl (C=O) groups is 1. The average Bonchev–Trinajstić information content (AvgIpc) is 3.44. The van der Waals surface area contributed by atoms with Crippen LogP contribution in [0.1, 0.15) is 45.1 Å². The predicted molar refractivity (Wildman–Crippen MR) is 118 cm³/mol. The molecule has 0 radical (unpaired) electrons. The Hall–Kier alpha value is -1.99. The predicted octanol–water partition coefficient (Wildman–Crippen LogP) is 4.79. The number of ketones is 1. The van der Waals surface area contributed by atoms with Gasteiger partial charge in [0.05, 0.1) is 6.04 Å². The second-order valence-electron chi connectivity index (χ2n) is 7.23. The molecule has 0 fully saturated rings. The van der Waals surface area contributed by atoms with Crippen LogP contribution < -0.4 is 4.74 Å². The number of benzene rings is 1. The van der Waals surface area contributed by atoms with E-state index in [1.54, 1.807) is 35.6 Å². The third-order valence-corrected chi connectivity index (χ3v) is 7.18. The van der Waals surface area contributed by atoms with Gasteiger partial charge in [0.15, 0.2) is 5.78 Å². The van der Waals surface area contributed by atoms with E-state index in [0.717, 1.165) is 13.0 Å². The molecule has 1 aliphatic heterocycles. The Bertz CT molecular complexity index is 933. The lowest BCUT2D eigenvalue weighted by molar-refractivity contribution is 0.0562. The van der Waals surface area contributed by atoms with E-state index in [2.05, 4.69) is 33.9 Å². The molecule has 29 heavy (non-hydrogen) atoms. The number of thiophene rings is 2. The third-order valence-electron chi connectivity index (χ3n) is 5.26. The van der Waals surface area contributed by atoms with Crippen LogP contribution in [0.5, 0.6) is 5.75 Å². The Labute approximate surface area is 179 Å². The van der Waals surface area contributed by atoms with Crippen molar-refractivity contribution in [2.75, 3.05) is 19.7 Å². The zero-order chi connectivity index (χ0) is 20.2. The zero-order valence-electron chi connectivity index (χ0n) is 16.4. The van der Waals surface area contributed by atoms with Gasteiger partial charge in [0.25, 0.3) is 0 Å². The first-order chi connectivity index (χ1) is 14.2. The molecule has 3 aromatic rings. The Kier molecular flexibility index (Phi) is 6.45. The van der Waals surface area contributed by atoms with E-state index in [4.69, 9.17) is 4.74 Å². The number of fused-ring (bicyclic) bond motifs is 1. The second-order valence-corrected chi connectivity index (χ2v) is 9.21. The molecular weight excluding hydrogens is 402 g/mol. The standard InChI is InChI=1S/C23H25NO3S2/c1-2-20(26)16-5-7-18(8-6-16)27-15-17(25)14-24-11-9-21-19(10-13-29-21)23(24)22-4-3-12-28-22/h3-8,10,12-13,17,23,25H,2,9,11,14-15H2,1H3/t17-,23-/m0/s1. The number of aliphatic hydroxyl groups excluding tert-OH is 1. The Morgan fingerprint density at radius 2 is 2.03 bits per heavy atom. The van der Waals surface area contributed by atoms with Gasteiger partial charge in [-0.15, -0.1) is 22.7 Å². The molecule has 2 aromatic heterocycles. The maximum absolute atomic E-state index is 11.7. The summed E-state index contributed by atoms with van der Waals surface area (Å²) in [6.07, 6.45) is 0.927. The van der Waals surface area contributed by atoms with Crippen molar-refractivity contribution in [3.8, 4) is 5.75 Å². The number of Topliss-reactive ketones (excluding diaryl/α,β-unsaturated/α-hetero) is 1. The molecule has 2 atom stereocenters. The summed E-state index contributed by atoms with van der Waals surface area (Å²) in [6.45, 7) is 3.57. The molecule has 4 rings (SSSR count). The van der Waals surface area contributed by atoms with E-state index < -0.39 is 6.10 Å². The van der Waals surface area contributed by atoms with Gasteiger partial charge in [-0.05, 0) is 59.1 Å². The van der Waals surface area contributed by atoms with Crippen molar-refractivity contribution in [2.24, 2.45) is 0 Å². The number of carbonyl (C=O) groups excluding carboxylic acids is 1. The first-order valence-electron chi connectivity index (χ1n) is 9.93. The van der Waals surface area contributed by atoms with E-state index in [1.807, 2.05) is 18.3 Å². The van der Waals surface area contributed by atoms with Crippen LogP contribution in [0.15, 0.2) is 53.2 Å². The topological polar surface area (TPSA) is 49.8 Å². The molecule has 1 N–H and O–H groups in total. The minimum Gasteiger partial charge on any atom is -0.491 e. The molecule has 4 nitrogen and oxygen atoms in total. The van der Waals surface area contributed by atoms with E-state index in [-0.39, 0.29) is 18.4 Å². The molecule has 3 heterocycles. The zero-order valence-corrected chi connectivity index (χ0v) is 18.0. The molecule has 1 aliphatic rings. The number of nitrogens with zero attached hydrogens (tertiary/aromatic N) is 1. The summed E-state index contributed by atoms with van der Waals surface area (Å²) in [5, 5.41) is 14.9. The van der Waals surface area contributed by atoms with E-state index >= 15 is 0 Å². The van der Waals surface area contributed by atoms with E-state index in [1.165, 1.54) is 15.3 Å². The number of hydrogen-bond acceptors (Lipinski definition) is 6. The molecule has 0 aliphatic carbocycles. The first kappa shape index (κ1) is 20.3. The van der Waals surface area contributed by atoms with Crippen LogP contribution in [-0.2, 0) is 6.42 Å². The molecule has 0 unspecified atom stereocenters. The summed E-state index contributed by atoms with van der Waals surface area (Å²) < 4.78 is 5.77. The third kappa shape index (κ3) is 4.61. The Morgan fingerprint density at radius 3 is 2.76 bits per heavy atom. The highest BCUT2D eigenvalue weighted by atomic mass is 32.1. The first-order valence-corrected chi connectivity index (χ1v) is 11.7. The summed E-state index contributed by atoms with van der Waals surface area (Å²) in [7, 11) is 0. The van der Waals surface area contributed by atoms with Crippen LogP contribution in [0.2, 0.25) is 0 Å². The summed E-state index contributed by atoms with van der Waals surface area (Å²) >= 11 is 3.59. The van der Waals surface area contributed by atoms with Crippen LogP contribution in [-0.4, -0.2) is 41.6 Å². The molecular formula is C23H25NO3S2. The largest absolute Gasteiger partial charge is 0.491 e. The van der Waals surface area contributed by atoms with Crippen LogP contribution >= 0.6 is 22.7 Å². The highest BCUT2D eigenvalue weighted by Gasteiger charge is 2.31. The maximum Gasteiger partial charge on any atom is 0.162 e. The number of ether oxygens (including phenoxy) is 1. The SMILES string of the molecule is CCC(=O)c1ccc(OC[C@@H](O)CN2CCc3sccc3[C@H]2c2cccs2)cc1. The summed E-state index contributed by atoms with van der Waals surface area (Å²) in [4.78, 5) is 16.8. The van der Waals surface area contributed by atoms with Crippen LogP contribution in [0.25, 0.3) is 0 Å². The summed E-state index contributed by atoms with van der Waals surface area (Å²) in [5.41, 5.74) is 2.06. The number of hydrogen-bond donors (Lipinski definition) is 1. The molecule has 0 spiro atoms. The van der Waals surface area contributed by atoms with Crippen molar-refractivity contribution in [3.05, 3.63) is 74.1 Å². The van der Waals surface area contributed by atoms with Crippen molar-refractivity contribution in [1.29, 1.82) is 0 Å². The normalized spacial score (nSPS) is 17.7. The molecule has 1 aromatic carbocycles. The minimum atomic E-state index is -0.588. The molecule has 0 saturated carbocycles. The Balaban J connectivity index is 1.39. The van der Waals surface area contributed by atoms with E-state index in [9.17, 15) is 9.90 Å². The fourth-order valence-corrected chi connectivity index (χ4v) is 5.58. The minimum absolute atomic E-state index is 0.120. The van der Waals surface area contributed by atoms with Gasteiger partial charge in [-0.1, -0.05) is 13.0 Å². The number of β-amino-alcohol motifs (C(OH)–C–C–N with tert-alkyl or cyclic N) is 1. The molecule has 6 heteroatoms. The maximum atomic E-state index is 11.7. The van der Waals surface area contributed by atoms with Gasteiger partial charge in [-0.3, -0.25) is 9.69 Å². The van der Waals surface area contributed by atoms with Crippen molar-refractivity contribution < 1.29 is 14.6 Å². The molecule has 152 valence electrons. The summed E-state index contributed by atoms with van der Waals surface area (Å²) in [5.74, 6) is 0.791. The molecule has 0 bridgehead atoms. The van der Waals surface area contributed by atoms with Crippen molar-refractivity contribution in [3.63, 3.8) is 0 Å². The van der Waals surface area contributed by atoms with Gasteiger partial charge in [-0.25, -0.2) is 0 Å². The molecule has 0 amide bonds. The lowest BCUT2D eigenvalue weighted by Crippen LogP contribution is -2.41. The quantitative estimate of drug-likeness (QED) is 0.525. The van der Waals surface area contributed by atoms with Crippen molar-refractivity contribution >= 4 is 28.5 Å². The van der Waals surface area contributed by atoms with Gasteiger partial charge in [0.2, 0.25) is 0 Å².